The van der Waals surface area contributed by atoms with Crippen molar-refractivity contribution in [3.05, 3.63) is 78.4 Å². The number of benzene rings is 3. The van der Waals surface area contributed by atoms with E-state index in [4.69, 9.17) is 0 Å². The Labute approximate surface area is 149 Å². The van der Waals surface area contributed by atoms with Gasteiger partial charge >= 0.3 is 0 Å². The Kier molecular flexibility index (Phi) is 4.53. The standard InChI is InChI=1S/C23H23NO/c25-23-20(17-24-15-7-8-16-24)13-14-21(18-9-3-1-4-10-18)22(23)19-11-5-2-6-12-19/h1-6,9-14,25H,7-8,15-17H2. The SMILES string of the molecule is Oc1c(CN2CCCC2)ccc(-c2ccccc2)c1-c1ccccc1. The van der Waals surface area contributed by atoms with Gasteiger partial charge in [0, 0.05) is 17.7 Å². The molecule has 1 aliphatic heterocycles. The van der Waals surface area contributed by atoms with Gasteiger partial charge in [-0.25, -0.2) is 0 Å². The van der Waals surface area contributed by atoms with Crippen LogP contribution in [0, 0.1) is 0 Å². The third kappa shape index (κ3) is 3.31. The van der Waals surface area contributed by atoms with Crippen LogP contribution < -0.4 is 0 Å². The van der Waals surface area contributed by atoms with Crippen LogP contribution in [0.5, 0.6) is 5.75 Å². The first-order chi connectivity index (χ1) is 12.3. The molecule has 126 valence electrons. The largest absolute Gasteiger partial charge is 0.507 e. The van der Waals surface area contributed by atoms with Gasteiger partial charge in [-0.2, -0.15) is 0 Å². The first-order valence-electron chi connectivity index (χ1n) is 9.01. The zero-order valence-corrected chi connectivity index (χ0v) is 14.4. The van der Waals surface area contributed by atoms with E-state index in [9.17, 15) is 5.11 Å². The highest BCUT2D eigenvalue weighted by Crippen LogP contribution is 2.41. The Morgan fingerprint density at radius 2 is 1.32 bits per heavy atom. The van der Waals surface area contributed by atoms with Gasteiger partial charge in [-0.15, -0.1) is 0 Å². The van der Waals surface area contributed by atoms with Gasteiger partial charge in [-0.1, -0.05) is 72.8 Å². The lowest BCUT2D eigenvalue weighted by Crippen LogP contribution is -2.18. The van der Waals surface area contributed by atoms with Crippen molar-refractivity contribution in [3.63, 3.8) is 0 Å². The molecule has 25 heavy (non-hydrogen) atoms. The van der Waals surface area contributed by atoms with E-state index in [2.05, 4.69) is 41.3 Å². The second-order valence-electron chi connectivity index (χ2n) is 6.71. The van der Waals surface area contributed by atoms with Gasteiger partial charge in [0.25, 0.3) is 0 Å². The molecule has 0 unspecified atom stereocenters. The number of aromatic hydroxyl groups is 1. The number of phenolic OH excluding ortho intramolecular Hbond substituents is 1. The average molecular weight is 329 g/mol. The molecular formula is C23H23NO. The quantitative estimate of drug-likeness (QED) is 0.700. The minimum absolute atomic E-state index is 0.416. The summed E-state index contributed by atoms with van der Waals surface area (Å²) in [7, 11) is 0. The highest BCUT2D eigenvalue weighted by molar-refractivity contribution is 5.88. The topological polar surface area (TPSA) is 23.5 Å². The van der Waals surface area contributed by atoms with Gasteiger partial charge in [0.15, 0.2) is 0 Å². The van der Waals surface area contributed by atoms with E-state index in [1.807, 2.05) is 36.4 Å². The summed E-state index contributed by atoms with van der Waals surface area (Å²) in [6.45, 7) is 3.07. The maximum absolute atomic E-state index is 11.1. The molecule has 0 amide bonds. The molecular weight excluding hydrogens is 306 g/mol. The predicted octanol–water partition coefficient (Wildman–Crippen LogP) is 5.32. The summed E-state index contributed by atoms with van der Waals surface area (Å²) in [5.74, 6) is 0.416. The van der Waals surface area contributed by atoms with E-state index in [1.54, 1.807) is 0 Å². The molecule has 1 aliphatic rings. The van der Waals surface area contributed by atoms with Gasteiger partial charge in [0.1, 0.15) is 5.75 Å². The Bertz CT molecular complexity index is 837. The van der Waals surface area contributed by atoms with E-state index in [0.717, 1.165) is 47.5 Å². The van der Waals surface area contributed by atoms with Crippen molar-refractivity contribution in [3.8, 4) is 28.0 Å². The molecule has 2 heteroatoms. The van der Waals surface area contributed by atoms with Crippen molar-refractivity contribution >= 4 is 0 Å². The van der Waals surface area contributed by atoms with Gasteiger partial charge in [0.05, 0.1) is 0 Å². The number of phenols is 1. The molecule has 1 fully saturated rings. The third-order valence-electron chi connectivity index (χ3n) is 5.00. The molecule has 3 aromatic carbocycles. The van der Waals surface area contributed by atoms with Gasteiger partial charge in [0.2, 0.25) is 0 Å². The molecule has 4 rings (SSSR count). The summed E-state index contributed by atoms with van der Waals surface area (Å²) in [6.07, 6.45) is 2.52. The fraction of sp³-hybridized carbons (Fsp3) is 0.217. The van der Waals surface area contributed by atoms with Crippen LogP contribution in [0.15, 0.2) is 72.8 Å². The maximum atomic E-state index is 11.1. The van der Waals surface area contributed by atoms with Crippen molar-refractivity contribution in [1.82, 2.24) is 4.90 Å². The van der Waals surface area contributed by atoms with Crippen LogP contribution in [-0.4, -0.2) is 23.1 Å². The van der Waals surface area contributed by atoms with Gasteiger partial charge in [-0.3, -0.25) is 4.90 Å². The highest BCUT2D eigenvalue weighted by atomic mass is 16.3. The molecule has 1 N–H and O–H groups in total. The zero-order valence-electron chi connectivity index (χ0n) is 14.4. The smallest absolute Gasteiger partial charge is 0.128 e. The van der Waals surface area contributed by atoms with Crippen molar-refractivity contribution in [1.29, 1.82) is 0 Å². The number of rotatable bonds is 4. The number of hydrogen-bond acceptors (Lipinski definition) is 2. The molecule has 2 nitrogen and oxygen atoms in total. The number of likely N-dealkylation sites (tertiary alicyclic amines) is 1. The molecule has 1 heterocycles. The van der Waals surface area contributed by atoms with Crippen LogP contribution in [0.3, 0.4) is 0 Å². The van der Waals surface area contributed by atoms with Crippen molar-refractivity contribution in [2.24, 2.45) is 0 Å². The van der Waals surface area contributed by atoms with E-state index in [1.165, 1.54) is 12.8 Å². The number of hydrogen-bond donors (Lipinski definition) is 1. The first kappa shape index (κ1) is 15.9. The lowest BCUT2D eigenvalue weighted by Gasteiger charge is -2.19. The molecule has 1 saturated heterocycles. The van der Waals surface area contributed by atoms with Crippen LogP contribution in [-0.2, 0) is 6.54 Å². The van der Waals surface area contributed by atoms with Crippen LogP contribution in [0.2, 0.25) is 0 Å². The summed E-state index contributed by atoms with van der Waals surface area (Å²) < 4.78 is 0. The first-order valence-corrected chi connectivity index (χ1v) is 9.01. The van der Waals surface area contributed by atoms with Crippen LogP contribution in [0.1, 0.15) is 18.4 Å². The fourth-order valence-electron chi connectivity index (χ4n) is 3.70. The lowest BCUT2D eigenvalue weighted by molar-refractivity contribution is 0.324. The summed E-state index contributed by atoms with van der Waals surface area (Å²) >= 11 is 0. The molecule has 0 bridgehead atoms. The minimum Gasteiger partial charge on any atom is -0.507 e. The molecule has 0 aromatic heterocycles. The average Bonchev–Trinajstić information content (AvgIpc) is 3.18. The Balaban J connectivity index is 1.83. The Hall–Kier alpha value is -2.58. The van der Waals surface area contributed by atoms with Crippen molar-refractivity contribution in [2.45, 2.75) is 19.4 Å². The second-order valence-corrected chi connectivity index (χ2v) is 6.71. The molecule has 0 saturated carbocycles. The van der Waals surface area contributed by atoms with Crippen LogP contribution in [0.25, 0.3) is 22.3 Å². The number of nitrogens with zero attached hydrogens (tertiary/aromatic N) is 1. The van der Waals surface area contributed by atoms with Crippen molar-refractivity contribution < 1.29 is 5.11 Å². The molecule has 0 aliphatic carbocycles. The maximum Gasteiger partial charge on any atom is 0.128 e. The van der Waals surface area contributed by atoms with E-state index >= 15 is 0 Å². The molecule has 0 spiro atoms. The Morgan fingerprint density at radius 1 is 0.720 bits per heavy atom. The van der Waals surface area contributed by atoms with Gasteiger partial charge in [-0.05, 0) is 42.6 Å². The predicted molar refractivity (Wildman–Crippen MR) is 103 cm³/mol. The van der Waals surface area contributed by atoms with Crippen LogP contribution in [0.4, 0.5) is 0 Å². The molecule has 0 radical (unpaired) electrons. The monoisotopic (exact) mass is 329 g/mol. The highest BCUT2D eigenvalue weighted by Gasteiger charge is 2.19. The lowest BCUT2D eigenvalue weighted by atomic mass is 9.91. The molecule has 3 aromatic rings. The van der Waals surface area contributed by atoms with Gasteiger partial charge < -0.3 is 5.11 Å². The van der Waals surface area contributed by atoms with E-state index < -0.39 is 0 Å². The second kappa shape index (κ2) is 7.12. The molecule has 0 atom stereocenters. The summed E-state index contributed by atoms with van der Waals surface area (Å²) in [4.78, 5) is 2.42. The normalized spacial score (nSPS) is 14.7. The van der Waals surface area contributed by atoms with Crippen molar-refractivity contribution in [2.75, 3.05) is 13.1 Å². The van der Waals surface area contributed by atoms with E-state index in [0.29, 0.717) is 5.75 Å². The minimum atomic E-state index is 0.416. The fourth-order valence-corrected chi connectivity index (χ4v) is 3.70. The Morgan fingerprint density at radius 3 is 1.96 bits per heavy atom. The van der Waals surface area contributed by atoms with E-state index in [-0.39, 0.29) is 0 Å². The van der Waals surface area contributed by atoms with Crippen LogP contribution >= 0.6 is 0 Å². The zero-order chi connectivity index (χ0) is 17.1. The summed E-state index contributed by atoms with van der Waals surface area (Å²) in [6, 6.07) is 24.7. The summed E-state index contributed by atoms with van der Waals surface area (Å²) in [5, 5.41) is 11.1. The third-order valence-corrected chi connectivity index (χ3v) is 5.00. The summed E-state index contributed by atoms with van der Waals surface area (Å²) in [5.41, 5.74) is 5.21.